The topological polar surface area (TPSA) is 46.6 Å². The Bertz CT molecular complexity index is 546. The SMILES string of the molecule is CCN1CCCC1c1ncc2c(CN)cccn12. The molecular formula is C14H20N4. The summed E-state index contributed by atoms with van der Waals surface area (Å²) in [6.45, 7) is 5.07. The molecule has 0 bridgehead atoms. The largest absolute Gasteiger partial charge is 0.326 e. The fourth-order valence-corrected chi connectivity index (χ4v) is 3.02. The molecule has 1 fully saturated rings. The van der Waals surface area contributed by atoms with Gasteiger partial charge >= 0.3 is 0 Å². The number of aromatic nitrogens is 2. The Balaban J connectivity index is 2.07. The van der Waals surface area contributed by atoms with E-state index in [1.54, 1.807) is 0 Å². The Kier molecular flexibility index (Phi) is 3.06. The molecule has 0 aromatic carbocycles. The second-order valence-electron chi connectivity index (χ2n) is 4.90. The van der Waals surface area contributed by atoms with Gasteiger partial charge in [0, 0.05) is 12.7 Å². The third-order valence-corrected chi connectivity index (χ3v) is 3.97. The van der Waals surface area contributed by atoms with Gasteiger partial charge in [-0.05, 0) is 37.6 Å². The fourth-order valence-electron chi connectivity index (χ4n) is 3.02. The lowest BCUT2D eigenvalue weighted by Gasteiger charge is -2.21. The van der Waals surface area contributed by atoms with Gasteiger partial charge in [-0.2, -0.15) is 0 Å². The molecule has 1 atom stereocenters. The maximum absolute atomic E-state index is 5.78. The van der Waals surface area contributed by atoms with Crippen molar-refractivity contribution in [2.45, 2.75) is 32.4 Å². The van der Waals surface area contributed by atoms with Crippen LogP contribution in [0, 0.1) is 0 Å². The molecule has 1 aliphatic heterocycles. The van der Waals surface area contributed by atoms with Crippen LogP contribution in [0.3, 0.4) is 0 Å². The molecule has 2 aromatic rings. The molecule has 3 heterocycles. The van der Waals surface area contributed by atoms with Crippen molar-refractivity contribution in [3.63, 3.8) is 0 Å². The summed E-state index contributed by atoms with van der Waals surface area (Å²) < 4.78 is 2.21. The first kappa shape index (κ1) is 11.7. The minimum atomic E-state index is 0.463. The third kappa shape index (κ3) is 1.72. The molecule has 0 amide bonds. The number of pyridine rings is 1. The second-order valence-corrected chi connectivity index (χ2v) is 4.90. The van der Waals surface area contributed by atoms with Gasteiger partial charge in [-0.25, -0.2) is 4.98 Å². The normalized spacial score (nSPS) is 20.9. The lowest BCUT2D eigenvalue weighted by atomic mass is 10.2. The van der Waals surface area contributed by atoms with Gasteiger partial charge in [0.2, 0.25) is 0 Å². The highest BCUT2D eigenvalue weighted by molar-refractivity contribution is 5.54. The molecule has 96 valence electrons. The van der Waals surface area contributed by atoms with E-state index in [9.17, 15) is 0 Å². The van der Waals surface area contributed by atoms with E-state index in [0.717, 1.165) is 17.6 Å². The number of hydrogen-bond acceptors (Lipinski definition) is 3. The Hall–Kier alpha value is -1.39. The maximum Gasteiger partial charge on any atom is 0.130 e. The van der Waals surface area contributed by atoms with Gasteiger partial charge in [-0.15, -0.1) is 0 Å². The zero-order valence-corrected chi connectivity index (χ0v) is 10.8. The molecule has 0 aliphatic carbocycles. The molecule has 2 aromatic heterocycles. The minimum Gasteiger partial charge on any atom is -0.326 e. The van der Waals surface area contributed by atoms with Crippen molar-refractivity contribution in [2.75, 3.05) is 13.1 Å². The van der Waals surface area contributed by atoms with Gasteiger partial charge in [0.25, 0.3) is 0 Å². The number of hydrogen-bond donors (Lipinski definition) is 1. The molecular weight excluding hydrogens is 224 g/mol. The first-order chi connectivity index (χ1) is 8.85. The van der Waals surface area contributed by atoms with E-state index in [0.29, 0.717) is 12.6 Å². The Morgan fingerprint density at radius 1 is 1.50 bits per heavy atom. The Labute approximate surface area is 107 Å². The van der Waals surface area contributed by atoms with Crippen molar-refractivity contribution in [1.82, 2.24) is 14.3 Å². The summed E-state index contributed by atoms with van der Waals surface area (Å²) in [5.74, 6) is 1.17. The summed E-state index contributed by atoms with van der Waals surface area (Å²) in [6.07, 6.45) is 6.54. The number of nitrogens with two attached hydrogens (primary N) is 1. The average molecular weight is 244 g/mol. The highest BCUT2D eigenvalue weighted by Crippen LogP contribution is 2.31. The highest BCUT2D eigenvalue weighted by atomic mass is 15.2. The second kappa shape index (κ2) is 4.71. The molecule has 3 rings (SSSR count). The Morgan fingerprint density at radius 2 is 2.39 bits per heavy atom. The van der Waals surface area contributed by atoms with E-state index in [-0.39, 0.29) is 0 Å². The van der Waals surface area contributed by atoms with Crippen LogP contribution >= 0.6 is 0 Å². The first-order valence-electron chi connectivity index (χ1n) is 6.74. The van der Waals surface area contributed by atoms with Crippen molar-refractivity contribution >= 4 is 5.52 Å². The monoisotopic (exact) mass is 244 g/mol. The molecule has 1 unspecified atom stereocenters. The zero-order valence-electron chi connectivity index (χ0n) is 10.8. The maximum atomic E-state index is 5.78. The number of nitrogens with zero attached hydrogens (tertiary/aromatic N) is 3. The Morgan fingerprint density at radius 3 is 3.17 bits per heavy atom. The van der Waals surface area contributed by atoms with Crippen LogP contribution in [0.2, 0.25) is 0 Å². The summed E-state index contributed by atoms with van der Waals surface area (Å²) in [5.41, 5.74) is 8.10. The van der Waals surface area contributed by atoms with E-state index in [4.69, 9.17) is 5.73 Å². The lowest BCUT2D eigenvalue weighted by Crippen LogP contribution is -2.24. The van der Waals surface area contributed by atoms with Crippen LogP contribution in [0.15, 0.2) is 24.5 Å². The smallest absolute Gasteiger partial charge is 0.130 e. The minimum absolute atomic E-state index is 0.463. The summed E-state index contributed by atoms with van der Waals surface area (Å²) >= 11 is 0. The number of rotatable bonds is 3. The third-order valence-electron chi connectivity index (χ3n) is 3.97. The van der Waals surface area contributed by atoms with Crippen LogP contribution < -0.4 is 5.73 Å². The van der Waals surface area contributed by atoms with Crippen molar-refractivity contribution in [3.8, 4) is 0 Å². The molecule has 1 aliphatic rings. The molecule has 0 saturated carbocycles. The van der Waals surface area contributed by atoms with Gasteiger partial charge in [0.05, 0.1) is 17.8 Å². The van der Waals surface area contributed by atoms with Crippen LogP contribution in [0.1, 0.15) is 37.2 Å². The van der Waals surface area contributed by atoms with E-state index >= 15 is 0 Å². The first-order valence-corrected chi connectivity index (χ1v) is 6.74. The molecule has 4 nitrogen and oxygen atoms in total. The van der Waals surface area contributed by atoms with Crippen molar-refractivity contribution in [2.24, 2.45) is 5.73 Å². The summed E-state index contributed by atoms with van der Waals surface area (Å²) in [6, 6.07) is 4.60. The zero-order chi connectivity index (χ0) is 12.5. The van der Waals surface area contributed by atoms with Crippen molar-refractivity contribution in [1.29, 1.82) is 0 Å². The van der Waals surface area contributed by atoms with Gasteiger partial charge in [0.1, 0.15) is 5.82 Å². The summed E-state index contributed by atoms with van der Waals surface area (Å²) in [4.78, 5) is 7.15. The van der Waals surface area contributed by atoms with Gasteiger partial charge in [-0.3, -0.25) is 4.90 Å². The number of imidazole rings is 1. The van der Waals surface area contributed by atoms with Gasteiger partial charge in [0.15, 0.2) is 0 Å². The van der Waals surface area contributed by atoms with Crippen molar-refractivity contribution in [3.05, 3.63) is 35.9 Å². The molecule has 1 saturated heterocycles. The average Bonchev–Trinajstić information content (AvgIpc) is 3.03. The molecule has 0 radical (unpaired) electrons. The van der Waals surface area contributed by atoms with E-state index in [1.807, 2.05) is 6.20 Å². The molecule has 0 spiro atoms. The molecule has 4 heteroatoms. The van der Waals surface area contributed by atoms with Crippen molar-refractivity contribution < 1.29 is 0 Å². The van der Waals surface area contributed by atoms with Gasteiger partial charge in [-0.1, -0.05) is 13.0 Å². The van der Waals surface area contributed by atoms with E-state index in [2.05, 4.69) is 39.5 Å². The van der Waals surface area contributed by atoms with Crippen LogP contribution in [0.25, 0.3) is 5.52 Å². The molecule has 2 N–H and O–H groups in total. The molecule has 18 heavy (non-hydrogen) atoms. The van der Waals surface area contributed by atoms with E-state index < -0.39 is 0 Å². The number of fused-ring (bicyclic) bond motifs is 1. The number of likely N-dealkylation sites (tertiary alicyclic amines) is 1. The fraction of sp³-hybridized carbons (Fsp3) is 0.500. The lowest BCUT2D eigenvalue weighted by molar-refractivity contribution is 0.261. The van der Waals surface area contributed by atoms with Crippen LogP contribution in [0.5, 0.6) is 0 Å². The standard InChI is InChI=1S/C14H20N4/c1-2-17-7-4-6-12(17)14-16-10-13-11(9-15)5-3-8-18(13)14/h3,5,8,10,12H,2,4,6-7,9,15H2,1H3. The predicted molar refractivity (Wildman–Crippen MR) is 72.3 cm³/mol. The van der Waals surface area contributed by atoms with Crippen LogP contribution in [-0.2, 0) is 6.54 Å². The van der Waals surface area contributed by atoms with Crippen LogP contribution in [0.4, 0.5) is 0 Å². The summed E-state index contributed by atoms with van der Waals surface area (Å²) in [7, 11) is 0. The summed E-state index contributed by atoms with van der Waals surface area (Å²) in [5, 5.41) is 0. The predicted octanol–water partition coefficient (Wildman–Crippen LogP) is 1.95. The quantitative estimate of drug-likeness (QED) is 0.897. The van der Waals surface area contributed by atoms with Gasteiger partial charge < -0.3 is 10.1 Å². The van der Waals surface area contributed by atoms with E-state index in [1.165, 1.54) is 25.2 Å². The van der Waals surface area contributed by atoms with Crippen LogP contribution in [-0.4, -0.2) is 27.4 Å². The highest BCUT2D eigenvalue weighted by Gasteiger charge is 2.27.